The molecule has 1 atom stereocenters. The van der Waals surface area contributed by atoms with E-state index in [1.165, 1.54) is 11.6 Å². The van der Waals surface area contributed by atoms with Gasteiger partial charge in [-0.3, -0.25) is 0 Å². The van der Waals surface area contributed by atoms with Gasteiger partial charge in [0, 0.05) is 0 Å². The third-order valence-electron chi connectivity index (χ3n) is 2.65. The molecule has 1 radical (unpaired) electrons. The lowest BCUT2D eigenvalue weighted by Crippen LogP contribution is -2.36. The van der Waals surface area contributed by atoms with Crippen molar-refractivity contribution in [2.45, 2.75) is 45.1 Å². The van der Waals surface area contributed by atoms with Gasteiger partial charge in [-0.25, -0.2) is 0 Å². The van der Waals surface area contributed by atoms with Crippen LogP contribution in [0.1, 0.15) is 18.4 Å². The molecule has 0 heterocycles. The Balaban J connectivity index is 2.60. The van der Waals surface area contributed by atoms with Gasteiger partial charge in [-0.15, -0.1) is 0 Å². The molecule has 0 aliphatic rings. The van der Waals surface area contributed by atoms with Gasteiger partial charge in [0.2, 0.25) is 0 Å². The Morgan fingerprint density at radius 1 is 1.19 bits per heavy atom. The average molecular weight is 251 g/mol. The Labute approximate surface area is 103 Å². The van der Waals surface area contributed by atoms with Gasteiger partial charge in [0.1, 0.15) is 0 Å². The summed E-state index contributed by atoms with van der Waals surface area (Å²) in [4.78, 5) is 0. The maximum atomic E-state index is 6.17. The molecule has 0 bridgehead atoms. The second kappa shape index (κ2) is 5.80. The molecule has 0 saturated heterocycles. The molecule has 89 valence electrons. The molecule has 0 aliphatic heterocycles. The van der Waals surface area contributed by atoms with Crippen LogP contribution in [0.5, 0.6) is 0 Å². The Hall–Kier alpha value is -0.386. The van der Waals surface area contributed by atoms with Gasteiger partial charge in [-0.2, -0.15) is 0 Å². The first-order chi connectivity index (χ1) is 7.41. The van der Waals surface area contributed by atoms with E-state index in [2.05, 4.69) is 63.4 Å². The third-order valence-corrected chi connectivity index (χ3v) is 8.09. The monoisotopic (exact) mass is 251 g/mol. The van der Waals surface area contributed by atoms with Crippen LogP contribution in [-0.2, 0) is 4.12 Å². The molecule has 3 heteroatoms. The van der Waals surface area contributed by atoms with Gasteiger partial charge in [-0.05, 0) is 43.7 Å². The average Bonchev–Trinajstić information content (AvgIpc) is 2.16. The Bertz CT molecular complexity index is 309. The van der Waals surface area contributed by atoms with E-state index < -0.39 is 17.4 Å². The van der Waals surface area contributed by atoms with Crippen molar-refractivity contribution in [2.24, 2.45) is 0 Å². The summed E-state index contributed by atoms with van der Waals surface area (Å²) in [5.74, 6) is 0.615. The first kappa shape index (κ1) is 13.7. The van der Waals surface area contributed by atoms with Crippen molar-refractivity contribution in [3.05, 3.63) is 35.9 Å². The van der Waals surface area contributed by atoms with Gasteiger partial charge in [-0.1, -0.05) is 37.3 Å². The molecule has 0 N–H and O–H groups in total. The standard InChI is InChI=1S/C13H23OSi2/c1-12(13-9-7-6-8-10-13)11-16(4,5)14-15(2)3/h6-10,12H,11H2,1-5H3. The van der Waals surface area contributed by atoms with Gasteiger partial charge >= 0.3 is 0 Å². The largest absolute Gasteiger partial charge is 0.456 e. The Kier molecular flexibility index (Phi) is 4.96. The quantitative estimate of drug-likeness (QED) is 0.710. The van der Waals surface area contributed by atoms with Crippen molar-refractivity contribution in [1.82, 2.24) is 0 Å². The van der Waals surface area contributed by atoms with Crippen LogP contribution in [0.2, 0.25) is 32.2 Å². The molecular formula is C13H23OSi2. The molecule has 16 heavy (non-hydrogen) atoms. The highest BCUT2D eigenvalue weighted by Crippen LogP contribution is 2.26. The fourth-order valence-electron chi connectivity index (χ4n) is 2.23. The first-order valence-electron chi connectivity index (χ1n) is 5.95. The number of benzene rings is 1. The lowest BCUT2D eigenvalue weighted by atomic mass is 10.0. The van der Waals surface area contributed by atoms with E-state index >= 15 is 0 Å². The van der Waals surface area contributed by atoms with E-state index in [1.807, 2.05) is 0 Å². The van der Waals surface area contributed by atoms with E-state index in [0.29, 0.717) is 5.92 Å². The van der Waals surface area contributed by atoms with E-state index in [1.54, 1.807) is 0 Å². The third kappa shape index (κ3) is 4.64. The molecule has 0 saturated carbocycles. The summed E-state index contributed by atoms with van der Waals surface area (Å²) in [5, 5.41) is 0. The maximum Gasteiger partial charge on any atom is 0.191 e. The van der Waals surface area contributed by atoms with Gasteiger partial charge in [0.15, 0.2) is 17.4 Å². The minimum absolute atomic E-state index is 0.556. The zero-order valence-electron chi connectivity index (χ0n) is 11.1. The van der Waals surface area contributed by atoms with Crippen molar-refractivity contribution in [2.75, 3.05) is 0 Å². The highest BCUT2D eigenvalue weighted by atomic mass is 28.4. The summed E-state index contributed by atoms with van der Waals surface area (Å²) in [6.07, 6.45) is 0. The van der Waals surface area contributed by atoms with Gasteiger partial charge < -0.3 is 4.12 Å². The van der Waals surface area contributed by atoms with Crippen LogP contribution in [-0.4, -0.2) is 17.4 Å². The summed E-state index contributed by atoms with van der Waals surface area (Å²) in [7, 11) is -2.02. The van der Waals surface area contributed by atoms with Crippen LogP contribution in [0.15, 0.2) is 30.3 Å². The van der Waals surface area contributed by atoms with Gasteiger partial charge in [0.25, 0.3) is 0 Å². The first-order valence-corrected chi connectivity index (χ1v) is 11.5. The number of rotatable bonds is 5. The fraction of sp³-hybridized carbons (Fsp3) is 0.538. The van der Waals surface area contributed by atoms with Crippen LogP contribution in [0.3, 0.4) is 0 Å². The smallest absolute Gasteiger partial charge is 0.191 e. The normalized spacial score (nSPS) is 14.1. The summed E-state index contributed by atoms with van der Waals surface area (Å²) in [6, 6.07) is 12.0. The van der Waals surface area contributed by atoms with Gasteiger partial charge in [0.05, 0.1) is 0 Å². The molecule has 1 unspecified atom stereocenters. The minimum atomic E-state index is -1.47. The maximum absolute atomic E-state index is 6.17. The molecule has 0 aromatic heterocycles. The molecule has 0 aliphatic carbocycles. The Morgan fingerprint density at radius 2 is 1.75 bits per heavy atom. The molecule has 1 nitrogen and oxygen atoms in total. The summed E-state index contributed by atoms with van der Waals surface area (Å²) in [6.45, 7) is 11.4. The number of hydrogen-bond donors (Lipinski definition) is 0. The predicted molar refractivity (Wildman–Crippen MR) is 75.7 cm³/mol. The summed E-state index contributed by atoms with van der Waals surface area (Å²) < 4.78 is 6.17. The lowest BCUT2D eigenvalue weighted by molar-refractivity contribution is 0.560. The zero-order valence-corrected chi connectivity index (χ0v) is 13.1. The summed E-state index contributed by atoms with van der Waals surface area (Å²) in [5.41, 5.74) is 1.44. The fourth-order valence-corrected chi connectivity index (χ4v) is 8.70. The molecule has 0 spiro atoms. The van der Waals surface area contributed by atoms with Crippen molar-refractivity contribution in [3.63, 3.8) is 0 Å². The topological polar surface area (TPSA) is 9.23 Å². The molecule has 1 aromatic carbocycles. The van der Waals surface area contributed by atoms with Crippen molar-refractivity contribution in [1.29, 1.82) is 0 Å². The second-order valence-electron chi connectivity index (χ2n) is 5.29. The van der Waals surface area contributed by atoms with Crippen LogP contribution in [0.4, 0.5) is 0 Å². The second-order valence-corrected chi connectivity index (χ2v) is 11.8. The lowest BCUT2D eigenvalue weighted by Gasteiger charge is -2.28. The zero-order chi connectivity index (χ0) is 12.2. The van der Waals surface area contributed by atoms with Crippen LogP contribution < -0.4 is 0 Å². The van der Waals surface area contributed by atoms with E-state index in [-0.39, 0.29) is 0 Å². The number of hydrogen-bond acceptors (Lipinski definition) is 1. The molecule has 1 rings (SSSR count). The predicted octanol–water partition coefficient (Wildman–Crippen LogP) is 4.26. The molecule has 0 amide bonds. The Morgan fingerprint density at radius 3 is 2.25 bits per heavy atom. The van der Waals surface area contributed by atoms with Crippen LogP contribution in [0, 0.1) is 0 Å². The highest BCUT2D eigenvalue weighted by molar-refractivity contribution is 6.77. The summed E-state index contributed by atoms with van der Waals surface area (Å²) >= 11 is 0. The van der Waals surface area contributed by atoms with Crippen LogP contribution in [0.25, 0.3) is 0 Å². The molecule has 1 aromatic rings. The van der Waals surface area contributed by atoms with E-state index in [9.17, 15) is 0 Å². The minimum Gasteiger partial charge on any atom is -0.456 e. The van der Waals surface area contributed by atoms with Crippen molar-refractivity contribution in [3.8, 4) is 0 Å². The van der Waals surface area contributed by atoms with Crippen LogP contribution >= 0.6 is 0 Å². The highest BCUT2D eigenvalue weighted by Gasteiger charge is 2.26. The van der Waals surface area contributed by atoms with E-state index in [4.69, 9.17) is 4.12 Å². The SMILES string of the molecule is CC(C[Si](C)(C)O[Si](C)C)c1ccccc1. The molecular weight excluding hydrogens is 228 g/mol. The van der Waals surface area contributed by atoms with Crippen molar-refractivity contribution < 1.29 is 4.12 Å². The van der Waals surface area contributed by atoms with Crippen molar-refractivity contribution >= 4 is 17.4 Å². The molecule has 0 fully saturated rings. The van der Waals surface area contributed by atoms with E-state index in [0.717, 1.165) is 0 Å².